The van der Waals surface area contributed by atoms with E-state index in [9.17, 15) is 0 Å². The Balaban J connectivity index is 1.81. The van der Waals surface area contributed by atoms with Gasteiger partial charge >= 0.3 is 0 Å². The number of aryl methyl sites for hydroxylation is 2. The molecular formula is C15H20N4. The molecule has 100 valence electrons. The first-order valence-electron chi connectivity index (χ1n) is 6.92. The summed E-state index contributed by atoms with van der Waals surface area (Å²) in [6.07, 6.45) is 5.97. The average Bonchev–Trinajstić information content (AvgIpc) is 2.83. The lowest BCUT2D eigenvalue weighted by atomic mass is 9.78. The summed E-state index contributed by atoms with van der Waals surface area (Å²) in [4.78, 5) is 4.28. The second kappa shape index (κ2) is 5.13. The van der Waals surface area contributed by atoms with Gasteiger partial charge in [0, 0.05) is 19.5 Å². The highest BCUT2D eigenvalue weighted by Crippen LogP contribution is 2.33. The van der Waals surface area contributed by atoms with Gasteiger partial charge in [-0.3, -0.25) is 4.68 Å². The van der Waals surface area contributed by atoms with Crippen LogP contribution in [0.2, 0.25) is 0 Å². The Morgan fingerprint density at radius 3 is 3.05 bits per heavy atom. The van der Waals surface area contributed by atoms with Crippen LogP contribution in [0.5, 0.6) is 0 Å². The normalized spacial score (nSPS) is 20.0. The van der Waals surface area contributed by atoms with E-state index in [0.717, 1.165) is 12.2 Å². The first-order valence-corrected chi connectivity index (χ1v) is 6.92. The topological polar surface area (TPSA) is 56.7 Å². The maximum atomic E-state index is 6.44. The summed E-state index contributed by atoms with van der Waals surface area (Å²) < 4.78 is 1.81. The lowest BCUT2D eigenvalue weighted by Crippen LogP contribution is -2.33. The Kier molecular flexibility index (Phi) is 3.34. The fourth-order valence-electron chi connectivity index (χ4n) is 3.09. The number of nitrogens with zero attached hydrogens (tertiary/aromatic N) is 3. The van der Waals surface area contributed by atoms with E-state index >= 15 is 0 Å². The lowest BCUT2D eigenvalue weighted by Gasteiger charge is -2.30. The summed E-state index contributed by atoms with van der Waals surface area (Å²) in [5, 5.41) is 4.11. The second-order valence-corrected chi connectivity index (χ2v) is 5.37. The van der Waals surface area contributed by atoms with Crippen LogP contribution in [0.1, 0.15) is 35.7 Å². The van der Waals surface area contributed by atoms with Crippen molar-refractivity contribution in [3.8, 4) is 0 Å². The number of fused-ring (bicyclic) bond motifs is 1. The minimum absolute atomic E-state index is 0.115. The maximum Gasteiger partial charge on any atom is 0.138 e. The van der Waals surface area contributed by atoms with Gasteiger partial charge in [-0.2, -0.15) is 5.10 Å². The van der Waals surface area contributed by atoms with E-state index < -0.39 is 0 Å². The molecule has 0 aliphatic heterocycles. The smallest absolute Gasteiger partial charge is 0.138 e. The van der Waals surface area contributed by atoms with Crippen LogP contribution in [0.3, 0.4) is 0 Å². The molecule has 1 aromatic heterocycles. The van der Waals surface area contributed by atoms with E-state index in [-0.39, 0.29) is 6.04 Å². The molecule has 0 bridgehead atoms. The molecule has 1 aromatic carbocycles. The molecule has 0 saturated carbocycles. The Hall–Kier alpha value is -1.68. The zero-order chi connectivity index (χ0) is 13.2. The highest BCUT2D eigenvalue weighted by atomic mass is 15.3. The van der Waals surface area contributed by atoms with Crippen molar-refractivity contribution in [2.75, 3.05) is 0 Å². The molecule has 0 fully saturated rings. The molecule has 4 nitrogen and oxygen atoms in total. The van der Waals surface area contributed by atoms with Crippen molar-refractivity contribution in [2.45, 2.75) is 37.6 Å². The van der Waals surface area contributed by atoms with Gasteiger partial charge in [0.1, 0.15) is 12.2 Å². The summed E-state index contributed by atoms with van der Waals surface area (Å²) in [6, 6.07) is 8.82. The fourth-order valence-corrected chi connectivity index (χ4v) is 3.09. The molecule has 1 aliphatic rings. The minimum atomic E-state index is 0.115. The number of hydrogen-bond acceptors (Lipinski definition) is 3. The molecule has 0 saturated heterocycles. The predicted octanol–water partition coefficient (Wildman–Crippen LogP) is 1.80. The molecule has 0 radical (unpaired) electrons. The van der Waals surface area contributed by atoms with E-state index in [1.54, 1.807) is 6.33 Å². The van der Waals surface area contributed by atoms with Crippen LogP contribution in [-0.2, 0) is 19.9 Å². The molecule has 2 atom stereocenters. The van der Waals surface area contributed by atoms with Crippen molar-refractivity contribution < 1.29 is 0 Å². The van der Waals surface area contributed by atoms with Gasteiger partial charge in [0.25, 0.3) is 0 Å². The highest BCUT2D eigenvalue weighted by molar-refractivity contribution is 5.33. The number of aromatic nitrogens is 3. The molecular weight excluding hydrogens is 236 g/mol. The zero-order valence-corrected chi connectivity index (χ0v) is 11.3. The van der Waals surface area contributed by atoms with E-state index in [0.29, 0.717) is 5.92 Å². The van der Waals surface area contributed by atoms with Crippen LogP contribution in [0.15, 0.2) is 30.6 Å². The summed E-state index contributed by atoms with van der Waals surface area (Å²) in [7, 11) is 1.92. The number of rotatable bonds is 3. The van der Waals surface area contributed by atoms with Gasteiger partial charge in [0.05, 0.1) is 0 Å². The van der Waals surface area contributed by atoms with Crippen molar-refractivity contribution in [2.24, 2.45) is 12.8 Å². The molecule has 4 heteroatoms. The quantitative estimate of drug-likeness (QED) is 0.911. The Labute approximate surface area is 113 Å². The Morgan fingerprint density at radius 2 is 2.26 bits per heavy atom. The van der Waals surface area contributed by atoms with Crippen molar-refractivity contribution in [1.82, 2.24) is 14.8 Å². The lowest BCUT2D eigenvalue weighted by molar-refractivity contribution is 0.448. The van der Waals surface area contributed by atoms with Crippen LogP contribution < -0.4 is 5.73 Å². The van der Waals surface area contributed by atoms with Crippen LogP contribution >= 0.6 is 0 Å². The van der Waals surface area contributed by atoms with Crippen molar-refractivity contribution >= 4 is 0 Å². The average molecular weight is 256 g/mol. The van der Waals surface area contributed by atoms with Gasteiger partial charge in [-0.05, 0) is 36.3 Å². The third kappa shape index (κ3) is 2.40. The largest absolute Gasteiger partial charge is 0.327 e. The van der Waals surface area contributed by atoms with Crippen LogP contribution in [0.4, 0.5) is 0 Å². The molecule has 0 amide bonds. The van der Waals surface area contributed by atoms with Crippen molar-refractivity contribution in [3.05, 3.63) is 47.5 Å². The molecule has 1 aliphatic carbocycles. The third-order valence-electron chi connectivity index (χ3n) is 4.16. The van der Waals surface area contributed by atoms with E-state index in [1.807, 2.05) is 11.7 Å². The van der Waals surface area contributed by atoms with Gasteiger partial charge in [-0.1, -0.05) is 24.3 Å². The molecule has 0 spiro atoms. The van der Waals surface area contributed by atoms with Crippen LogP contribution in [0, 0.1) is 0 Å². The molecule has 2 aromatic rings. The molecule has 1 heterocycles. The number of hydrogen-bond donors (Lipinski definition) is 1. The Morgan fingerprint density at radius 1 is 1.42 bits per heavy atom. The van der Waals surface area contributed by atoms with Crippen LogP contribution in [-0.4, -0.2) is 20.8 Å². The summed E-state index contributed by atoms with van der Waals surface area (Å²) in [6.45, 7) is 0. The molecule has 2 N–H and O–H groups in total. The third-order valence-corrected chi connectivity index (χ3v) is 4.16. The van der Waals surface area contributed by atoms with Gasteiger partial charge < -0.3 is 5.73 Å². The Bertz CT molecular complexity index is 561. The molecule has 3 rings (SSSR count). The summed E-state index contributed by atoms with van der Waals surface area (Å²) in [5.74, 6) is 1.41. The second-order valence-electron chi connectivity index (χ2n) is 5.37. The van der Waals surface area contributed by atoms with Crippen molar-refractivity contribution in [1.29, 1.82) is 0 Å². The maximum absolute atomic E-state index is 6.44. The molecule has 2 unspecified atom stereocenters. The van der Waals surface area contributed by atoms with Gasteiger partial charge in [-0.25, -0.2) is 4.98 Å². The SMILES string of the molecule is Cn1ncnc1CC(N)C1CCCc2ccccc21. The van der Waals surface area contributed by atoms with Gasteiger partial charge in [0.2, 0.25) is 0 Å². The van der Waals surface area contributed by atoms with Crippen LogP contribution in [0.25, 0.3) is 0 Å². The van der Waals surface area contributed by atoms with Gasteiger partial charge in [0.15, 0.2) is 0 Å². The first kappa shape index (κ1) is 12.4. The number of benzene rings is 1. The van der Waals surface area contributed by atoms with Crippen molar-refractivity contribution in [3.63, 3.8) is 0 Å². The van der Waals surface area contributed by atoms with Gasteiger partial charge in [-0.15, -0.1) is 0 Å². The number of nitrogens with two attached hydrogens (primary N) is 1. The fraction of sp³-hybridized carbons (Fsp3) is 0.467. The predicted molar refractivity (Wildman–Crippen MR) is 74.8 cm³/mol. The van der Waals surface area contributed by atoms with E-state index in [4.69, 9.17) is 5.73 Å². The summed E-state index contributed by atoms with van der Waals surface area (Å²) in [5.41, 5.74) is 9.34. The standard InChI is InChI=1S/C15H20N4/c1-19-15(17-10-18-19)9-14(16)13-8-4-6-11-5-2-3-7-12(11)13/h2-3,5,7,10,13-14H,4,6,8-9,16H2,1H3. The monoisotopic (exact) mass is 256 g/mol. The molecule has 19 heavy (non-hydrogen) atoms. The van der Waals surface area contributed by atoms with E-state index in [2.05, 4.69) is 34.3 Å². The zero-order valence-electron chi connectivity index (χ0n) is 11.3. The minimum Gasteiger partial charge on any atom is -0.327 e. The highest BCUT2D eigenvalue weighted by Gasteiger charge is 2.26. The van der Waals surface area contributed by atoms with E-state index in [1.165, 1.54) is 30.4 Å². The summed E-state index contributed by atoms with van der Waals surface area (Å²) >= 11 is 0. The first-order chi connectivity index (χ1) is 9.25.